The van der Waals surface area contributed by atoms with Crippen molar-refractivity contribution in [1.29, 1.82) is 0 Å². The Morgan fingerprint density at radius 3 is 2.32 bits per heavy atom. The largest absolute Gasteiger partial charge is 0.416 e. The van der Waals surface area contributed by atoms with Crippen molar-refractivity contribution >= 4 is 39.9 Å². The maximum Gasteiger partial charge on any atom is 0.416 e. The van der Waals surface area contributed by atoms with Gasteiger partial charge in [-0.1, -0.05) is 12.1 Å². The third-order valence-electron chi connectivity index (χ3n) is 8.29. The number of alkyl halides is 6. The minimum Gasteiger partial charge on any atom is -0.300 e. The van der Waals surface area contributed by atoms with Crippen LogP contribution in [0.3, 0.4) is 0 Å². The number of amides is 2. The predicted molar refractivity (Wildman–Crippen MR) is 141 cm³/mol. The summed E-state index contributed by atoms with van der Waals surface area (Å²) in [5.41, 5.74) is -2.03. The molecule has 0 aliphatic carbocycles. The molecule has 1 aromatic heterocycles. The molecule has 6 nitrogen and oxygen atoms in total. The third kappa shape index (κ3) is 5.14. The molecule has 2 amide bonds. The summed E-state index contributed by atoms with van der Waals surface area (Å²) in [4.78, 5) is 30.1. The van der Waals surface area contributed by atoms with E-state index in [-0.39, 0.29) is 28.8 Å². The van der Waals surface area contributed by atoms with E-state index in [0.29, 0.717) is 39.5 Å². The number of carbonyl (C=O) groups is 2. The quantitative estimate of drug-likeness (QED) is 0.246. The lowest BCUT2D eigenvalue weighted by Gasteiger charge is -2.39. The number of aromatic nitrogens is 2. The second-order valence-electron chi connectivity index (χ2n) is 10.7. The summed E-state index contributed by atoms with van der Waals surface area (Å²) in [6, 6.07) is 7.12. The number of carbonyl (C=O) groups excluding carboxylic acids is 2. The van der Waals surface area contributed by atoms with Crippen molar-refractivity contribution in [2.24, 2.45) is 0 Å². The predicted octanol–water partition coefficient (Wildman–Crippen LogP) is 6.78. The van der Waals surface area contributed by atoms with Crippen LogP contribution in [0.15, 0.2) is 47.5 Å². The highest BCUT2D eigenvalue weighted by molar-refractivity contribution is 8.18. The van der Waals surface area contributed by atoms with E-state index in [0.717, 1.165) is 43.5 Å². The molecule has 2 aromatic carbocycles. The molecule has 0 radical (unpaired) electrons. The zero-order valence-electron chi connectivity index (χ0n) is 21.7. The molecular formula is C28H24F6N4O2S. The van der Waals surface area contributed by atoms with Crippen LogP contribution in [0, 0.1) is 0 Å². The highest BCUT2D eigenvalue weighted by Crippen LogP contribution is 2.42. The minimum absolute atomic E-state index is 0.114. The van der Waals surface area contributed by atoms with Gasteiger partial charge in [-0.2, -0.15) is 31.4 Å². The Hall–Kier alpha value is -3.32. The first-order valence-electron chi connectivity index (χ1n) is 13.0. The first-order chi connectivity index (χ1) is 19.3. The summed E-state index contributed by atoms with van der Waals surface area (Å²) in [6.07, 6.45) is -3.19. The van der Waals surface area contributed by atoms with E-state index >= 15 is 0 Å². The molecule has 3 aliphatic rings. The van der Waals surface area contributed by atoms with E-state index in [2.05, 4.69) is 17.0 Å². The molecule has 0 N–H and O–H groups in total. The van der Waals surface area contributed by atoms with Gasteiger partial charge in [-0.15, -0.1) is 0 Å². The second kappa shape index (κ2) is 9.90. The van der Waals surface area contributed by atoms with Crippen LogP contribution in [-0.4, -0.2) is 55.9 Å². The minimum atomic E-state index is -4.98. The van der Waals surface area contributed by atoms with Crippen LogP contribution in [0.5, 0.6) is 0 Å². The van der Waals surface area contributed by atoms with Crippen LogP contribution in [0.2, 0.25) is 0 Å². The molecule has 3 aromatic rings. The second-order valence-corrected chi connectivity index (χ2v) is 11.7. The van der Waals surface area contributed by atoms with Gasteiger partial charge in [0.25, 0.3) is 11.1 Å². The van der Waals surface area contributed by atoms with Gasteiger partial charge in [0.2, 0.25) is 0 Å². The number of thioether (sulfide) groups is 1. The normalized spacial score (nSPS) is 24.8. The molecule has 0 spiro atoms. The summed E-state index contributed by atoms with van der Waals surface area (Å²) in [7, 11) is 2.09. The number of rotatable bonds is 4. The Morgan fingerprint density at radius 2 is 1.66 bits per heavy atom. The van der Waals surface area contributed by atoms with Gasteiger partial charge in [0.15, 0.2) is 0 Å². The lowest BCUT2D eigenvalue weighted by molar-refractivity contribution is -0.143. The van der Waals surface area contributed by atoms with Crippen LogP contribution in [0.4, 0.5) is 31.1 Å². The lowest BCUT2D eigenvalue weighted by Crippen LogP contribution is -2.50. The molecule has 3 fully saturated rings. The number of imide groups is 1. The first-order valence-corrected chi connectivity index (χ1v) is 13.8. The van der Waals surface area contributed by atoms with Crippen molar-refractivity contribution in [3.8, 4) is 0 Å². The number of hydrogen-bond donors (Lipinski definition) is 0. The van der Waals surface area contributed by atoms with E-state index in [9.17, 15) is 35.9 Å². The fraction of sp³-hybridized carbons (Fsp3) is 0.393. The standard InChI is InChI=1S/C28H24F6N4O2S/c1-36-19-5-6-20(36)12-21(11-19)38-25(39)24(41-26(38)40)9-15-2-7-23-17(8-15)13-35-37(23)14-16-3-4-18(27(29,30)31)10-22(16)28(32,33)34/h2-4,7-10,13,19-21H,5-6,11-12,14H2,1H3/b24-9-/t19-,20?,21-/m1/s1. The number of nitrogens with zero attached hydrogens (tertiary/aromatic N) is 4. The molecule has 41 heavy (non-hydrogen) atoms. The van der Waals surface area contributed by atoms with Crippen molar-refractivity contribution in [2.75, 3.05) is 7.05 Å². The van der Waals surface area contributed by atoms with Gasteiger partial charge in [-0.25, -0.2) is 0 Å². The zero-order chi connectivity index (χ0) is 29.3. The van der Waals surface area contributed by atoms with Crippen molar-refractivity contribution < 1.29 is 35.9 Å². The maximum atomic E-state index is 13.6. The average molecular weight is 595 g/mol. The number of halogens is 6. The number of hydrogen-bond acceptors (Lipinski definition) is 5. The molecule has 0 saturated carbocycles. The van der Waals surface area contributed by atoms with Crippen LogP contribution in [-0.2, 0) is 23.7 Å². The summed E-state index contributed by atoms with van der Waals surface area (Å²) in [5.74, 6) is -0.327. The molecule has 6 rings (SSSR count). The molecule has 216 valence electrons. The number of fused-ring (bicyclic) bond motifs is 3. The molecule has 2 bridgehead atoms. The van der Waals surface area contributed by atoms with Gasteiger partial charge in [0.1, 0.15) is 0 Å². The maximum absolute atomic E-state index is 13.6. The van der Waals surface area contributed by atoms with E-state index in [1.54, 1.807) is 24.3 Å². The Balaban J connectivity index is 1.23. The first kappa shape index (κ1) is 27.8. The van der Waals surface area contributed by atoms with E-state index in [4.69, 9.17) is 0 Å². The molecule has 3 aliphatic heterocycles. The van der Waals surface area contributed by atoms with Crippen molar-refractivity contribution in [3.05, 3.63) is 69.8 Å². The van der Waals surface area contributed by atoms with Crippen molar-refractivity contribution in [1.82, 2.24) is 19.6 Å². The zero-order valence-corrected chi connectivity index (χ0v) is 22.5. The molecule has 3 saturated heterocycles. The Bertz CT molecular complexity index is 1570. The smallest absolute Gasteiger partial charge is 0.300 e. The number of piperidine rings is 1. The number of benzene rings is 2. The average Bonchev–Trinajstić information content (AvgIpc) is 3.46. The fourth-order valence-electron chi connectivity index (χ4n) is 6.18. The van der Waals surface area contributed by atoms with E-state index < -0.39 is 30.0 Å². The van der Waals surface area contributed by atoms with Crippen LogP contribution in [0.1, 0.15) is 47.9 Å². The third-order valence-corrected chi connectivity index (χ3v) is 9.17. The molecule has 13 heteroatoms. The molecular weight excluding hydrogens is 570 g/mol. The van der Waals surface area contributed by atoms with Crippen molar-refractivity contribution in [2.45, 2.75) is 62.7 Å². The fourth-order valence-corrected chi connectivity index (χ4v) is 7.08. The Kier molecular flexibility index (Phi) is 6.72. The SMILES string of the molecule is CN1C2CC[C@@H]1C[C@@H](N1C(=O)S/C(=C\c3ccc4c(cnn4Cc4ccc(C(F)(F)F)cc4C(F)(F)F)c3)C1=O)C2. The lowest BCUT2D eigenvalue weighted by atomic mass is 9.96. The summed E-state index contributed by atoms with van der Waals surface area (Å²) in [6.45, 7) is -0.396. The van der Waals surface area contributed by atoms with Gasteiger partial charge >= 0.3 is 12.4 Å². The summed E-state index contributed by atoms with van der Waals surface area (Å²) in [5, 5.41) is 4.42. The summed E-state index contributed by atoms with van der Waals surface area (Å²) >= 11 is 0.890. The van der Waals surface area contributed by atoms with E-state index in [1.165, 1.54) is 15.8 Å². The monoisotopic (exact) mass is 594 g/mol. The highest BCUT2D eigenvalue weighted by atomic mass is 32.2. The topological polar surface area (TPSA) is 58.4 Å². The van der Waals surface area contributed by atoms with Gasteiger partial charge in [0, 0.05) is 23.5 Å². The molecule has 3 atom stereocenters. The molecule has 1 unspecified atom stereocenters. The van der Waals surface area contributed by atoms with Crippen LogP contribution < -0.4 is 0 Å². The van der Waals surface area contributed by atoms with Gasteiger partial charge < -0.3 is 4.90 Å². The summed E-state index contributed by atoms with van der Waals surface area (Å²) < 4.78 is 81.2. The molecule has 4 heterocycles. The van der Waals surface area contributed by atoms with Gasteiger partial charge in [0.05, 0.1) is 34.3 Å². The van der Waals surface area contributed by atoms with Gasteiger partial charge in [-0.05, 0) is 86.0 Å². The van der Waals surface area contributed by atoms with E-state index in [1.807, 2.05) is 0 Å². The Morgan fingerprint density at radius 1 is 0.951 bits per heavy atom. The highest BCUT2D eigenvalue weighted by Gasteiger charge is 2.47. The van der Waals surface area contributed by atoms with Crippen LogP contribution in [0.25, 0.3) is 17.0 Å². The van der Waals surface area contributed by atoms with Gasteiger partial charge in [-0.3, -0.25) is 19.2 Å². The Labute approximate surface area is 235 Å². The van der Waals surface area contributed by atoms with Crippen LogP contribution >= 0.6 is 11.8 Å². The van der Waals surface area contributed by atoms with Crippen molar-refractivity contribution in [3.63, 3.8) is 0 Å².